The molecule has 0 radical (unpaired) electrons. The summed E-state index contributed by atoms with van der Waals surface area (Å²) in [5.41, 5.74) is 0.497. The van der Waals surface area contributed by atoms with Crippen LogP contribution in [0.25, 0.3) is 0 Å². The molecule has 0 atom stereocenters. The Bertz CT molecular complexity index is 438. The van der Waals surface area contributed by atoms with Crippen LogP contribution >= 0.6 is 34.2 Å². The summed E-state index contributed by atoms with van der Waals surface area (Å²) in [5.74, 6) is 1.23. The molecule has 1 aromatic rings. The summed E-state index contributed by atoms with van der Waals surface area (Å²) in [6.07, 6.45) is 4.24. The number of hydrogen-bond acceptors (Lipinski definition) is 1. The Hall–Kier alpha value is -0.290. The van der Waals surface area contributed by atoms with E-state index in [1.165, 1.54) is 0 Å². The zero-order valence-electron chi connectivity index (χ0n) is 11.1. The number of halogens is 2. The molecular weight excluding hydrogens is 373 g/mol. The second kappa shape index (κ2) is 6.44. The molecule has 2 rings (SSSR count). The molecule has 2 nitrogen and oxygen atoms in total. The molecule has 0 saturated heterocycles. The first-order valence-corrected chi connectivity index (χ1v) is 8.30. The second-order valence-electron chi connectivity index (χ2n) is 5.56. The minimum Gasteiger partial charge on any atom is -0.345 e. The van der Waals surface area contributed by atoms with Gasteiger partial charge in [0, 0.05) is 15.0 Å². The summed E-state index contributed by atoms with van der Waals surface area (Å²) in [5, 5.41) is 3.17. The van der Waals surface area contributed by atoms with Crippen LogP contribution in [0.1, 0.15) is 43.0 Å². The standard InChI is InChI=1S/C15H19ClINO/c1-11-6-8-15(10-16,9-7-11)18-14(19)12-2-4-13(17)5-3-12/h2-5,11H,6-10H2,1H3,(H,18,19). The third-order valence-corrected chi connectivity index (χ3v) is 5.20. The van der Waals surface area contributed by atoms with E-state index in [4.69, 9.17) is 11.6 Å². The second-order valence-corrected chi connectivity index (χ2v) is 7.07. The molecule has 1 aliphatic carbocycles. The fourth-order valence-electron chi connectivity index (χ4n) is 2.52. The molecule has 1 N–H and O–H groups in total. The predicted molar refractivity (Wildman–Crippen MR) is 87.7 cm³/mol. The van der Waals surface area contributed by atoms with Crippen LogP contribution in [-0.4, -0.2) is 17.3 Å². The lowest BCUT2D eigenvalue weighted by atomic mass is 9.78. The van der Waals surface area contributed by atoms with E-state index in [0.29, 0.717) is 11.4 Å². The number of nitrogens with one attached hydrogen (secondary N) is 1. The molecule has 104 valence electrons. The highest BCUT2D eigenvalue weighted by atomic mass is 127. The first-order chi connectivity index (χ1) is 9.04. The Morgan fingerprint density at radius 1 is 1.37 bits per heavy atom. The first-order valence-electron chi connectivity index (χ1n) is 6.69. The van der Waals surface area contributed by atoms with Crippen LogP contribution in [0.2, 0.25) is 0 Å². The smallest absolute Gasteiger partial charge is 0.251 e. The Labute approximate surface area is 133 Å². The van der Waals surface area contributed by atoms with Crippen LogP contribution < -0.4 is 5.32 Å². The number of amides is 1. The van der Waals surface area contributed by atoms with Gasteiger partial charge in [-0.25, -0.2) is 0 Å². The van der Waals surface area contributed by atoms with Gasteiger partial charge in [0.25, 0.3) is 5.91 Å². The van der Waals surface area contributed by atoms with Crippen LogP contribution in [0.4, 0.5) is 0 Å². The van der Waals surface area contributed by atoms with Crippen molar-refractivity contribution in [2.75, 3.05) is 5.88 Å². The zero-order valence-corrected chi connectivity index (χ0v) is 14.0. The van der Waals surface area contributed by atoms with Gasteiger partial charge in [-0.1, -0.05) is 6.92 Å². The molecule has 0 unspecified atom stereocenters. The molecule has 1 aliphatic rings. The van der Waals surface area contributed by atoms with Crippen molar-refractivity contribution < 1.29 is 4.79 Å². The van der Waals surface area contributed by atoms with Crippen LogP contribution in [0.5, 0.6) is 0 Å². The molecule has 0 heterocycles. The molecule has 0 spiro atoms. The Kier molecular flexibility index (Phi) is 5.12. The maximum absolute atomic E-state index is 12.3. The highest BCUT2D eigenvalue weighted by Crippen LogP contribution is 2.33. The topological polar surface area (TPSA) is 29.1 Å². The van der Waals surface area contributed by atoms with E-state index in [1.54, 1.807) is 0 Å². The van der Waals surface area contributed by atoms with Gasteiger partial charge in [0.2, 0.25) is 0 Å². The van der Waals surface area contributed by atoms with Gasteiger partial charge in [0.1, 0.15) is 0 Å². The summed E-state index contributed by atoms with van der Waals surface area (Å²) in [6.45, 7) is 2.26. The average Bonchev–Trinajstić information content (AvgIpc) is 2.42. The van der Waals surface area contributed by atoms with Crippen molar-refractivity contribution in [3.8, 4) is 0 Å². The van der Waals surface area contributed by atoms with Gasteiger partial charge in [-0.2, -0.15) is 0 Å². The molecule has 19 heavy (non-hydrogen) atoms. The van der Waals surface area contributed by atoms with Crippen LogP contribution in [0, 0.1) is 9.49 Å². The molecule has 0 aliphatic heterocycles. The number of hydrogen-bond donors (Lipinski definition) is 1. The van der Waals surface area contributed by atoms with E-state index in [-0.39, 0.29) is 11.4 Å². The van der Waals surface area contributed by atoms with Crippen molar-refractivity contribution in [1.82, 2.24) is 5.32 Å². The van der Waals surface area contributed by atoms with Gasteiger partial charge in [0.05, 0.1) is 5.54 Å². The molecule has 1 amide bonds. The largest absolute Gasteiger partial charge is 0.345 e. The number of carbonyl (C=O) groups is 1. The van der Waals surface area contributed by atoms with Crippen molar-refractivity contribution in [1.29, 1.82) is 0 Å². The summed E-state index contributed by atoms with van der Waals surface area (Å²) in [6, 6.07) is 7.63. The van der Waals surface area contributed by atoms with Crippen molar-refractivity contribution >= 4 is 40.1 Å². The fraction of sp³-hybridized carbons (Fsp3) is 0.533. The Morgan fingerprint density at radius 3 is 2.47 bits per heavy atom. The van der Waals surface area contributed by atoms with Gasteiger partial charge in [-0.3, -0.25) is 4.79 Å². The minimum atomic E-state index is -0.214. The van der Waals surface area contributed by atoms with Crippen molar-refractivity contribution in [3.05, 3.63) is 33.4 Å². The summed E-state index contributed by atoms with van der Waals surface area (Å²) in [7, 11) is 0. The summed E-state index contributed by atoms with van der Waals surface area (Å²) >= 11 is 8.36. The predicted octanol–water partition coefficient (Wildman–Crippen LogP) is 4.21. The maximum Gasteiger partial charge on any atom is 0.251 e. The van der Waals surface area contributed by atoms with Crippen LogP contribution in [-0.2, 0) is 0 Å². The highest BCUT2D eigenvalue weighted by Gasteiger charge is 2.34. The monoisotopic (exact) mass is 391 g/mol. The lowest BCUT2D eigenvalue weighted by Gasteiger charge is -2.38. The van der Waals surface area contributed by atoms with Crippen molar-refractivity contribution in [2.24, 2.45) is 5.92 Å². The summed E-state index contributed by atoms with van der Waals surface area (Å²) < 4.78 is 1.13. The van der Waals surface area contributed by atoms with Gasteiger partial charge in [-0.05, 0) is 78.5 Å². The quantitative estimate of drug-likeness (QED) is 0.607. The van der Waals surface area contributed by atoms with Gasteiger partial charge < -0.3 is 5.32 Å². The normalized spacial score (nSPS) is 27.0. The molecule has 1 saturated carbocycles. The molecule has 1 aromatic carbocycles. The summed E-state index contributed by atoms with van der Waals surface area (Å²) in [4.78, 5) is 12.3. The first kappa shape index (κ1) is 15.1. The van der Waals surface area contributed by atoms with E-state index >= 15 is 0 Å². The van der Waals surface area contributed by atoms with E-state index in [9.17, 15) is 4.79 Å². The minimum absolute atomic E-state index is 0.00777. The Morgan fingerprint density at radius 2 is 1.95 bits per heavy atom. The van der Waals surface area contributed by atoms with E-state index in [1.807, 2.05) is 24.3 Å². The Balaban J connectivity index is 2.06. The van der Waals surface area contributed by atoms with Crippen molar-refractivity contribution in [2.45, 2.75) is 38.1 Å². The van der Waals surface area contributed by atoms with E-state index < -0.39 is 0 Å². The SMILES string of the molecule is CC1CCC(CCl)(NC(=O)c2ccc(I)cc2)CC1. The van der Waals surface area contributed by atoms with Gasteiger partial charge in [0.15, 0.2) is 0 Å². The van der Waals surface area contributed by atoms with E-state index in [2.05, 4.69) is 34.8 Å². The molecule has 0 aromatic heterocycles. The molecule has 4 heteroatoms. The van der Waals surface area contributed by atoms with Gasteiger partial charge in [-0.15, -0.1) is 11.6 Å². The molecule has 0 bridgehead atoms. The fourth-order valence-corrected chi connectivity index (χ4v) is 3.21. The van der Waals surface area contributed by atoms with Gasteiger partial charge >= 0.3 is 0 Å². The maximum atomic E-state index is 12.3. The lowest BCUT2D eigenvalue weighted by molar-refractivity contribution is 0.0872. The van der Waals surface area contributed by atoms with Crippen LogP contribution in [0.3, 0.4) is 0 Å². The third-order valence-electron chi connectivity index (χ3n) is 3.97. The number of rotatable bonds is 3. The zero-order chi connectivity index (χ0) is 13.9. The molecule has 1 fully saturated rings. The average molecular weight is 392 g/mol. The molecular formula is C15H19ClINO. The number of alkyl halides is 1. The van der Waals surface area contributed by atoms with E-state index in [0.717, 1.165) is 35.2 Å². The lowest BCUT2D eigenvalue weighted by Crippen LogP contribution is -2.52. The van der Waals surface area contributed by atoms with Crippen molar-refractivity contribution in [3.63, 3.8) is 0 Å². The highest BCUT2D eigenvalue weighted by molar-refractivity contribution is 14.1. The van der Waals surface area contributed by atoms with Crippen LogP contribution in [0.15, 0.2) is 24.3 Å². The number of carbonyl (C=O) groups excluding carboxylic acids is 1. The third kappa shape index (κ3) is 3.85. The number of benzene rings is 1.